The molecular formula is C11H17BrN4O. The summed E-state index contributed by atoms with van der Waals surface area (Å²) in [7, 11) is 1.81. The number of nitrogens with one attached hydrogen (secondary N) is 2. The zero-order chi connectivity index (χ0) is 12.3. The van der Waals surface area contributed by atoms with E-state index in [2.05, 4.69) is 43.5 Å². The maximum atomic E-state index is 5.53. The lowest BCUT2D eigenvalue weighted by molar-refractivity contribution is 0.108. The summed E-state index contributed by atoms with van der Waals surface area (Å²) in [5.74, 6) is 1.99. The molecule has 1 aromatic heterocycles. The number of hydrogen-bond acceptors (Lipinski definition) is 5. The van der Waals surface area contributed by atoms with E-state index in [-0.39, 0.29) is 0 Å². The Labute approximate surface area is 110 Å². The zero-order valence-electron chi connectivity index (χ0n) is 10.0. The van der Waals surface area contributed by atoms with Crippen LogP contribution in [0.3, 0.4) is 0 Å². The quantitative estimate of drug-likeness (QED) is 0.892. The van der Waals surface area contributed by atoms with E-state index in [0.29, 0.717) is 18.0 Å². The smallest absolute Gasteiger partial charge is 0.224 e. The first-order valence-corrected chi connectivity index (χ1v) is 6.55. The van der Waals surface area contributed by atoms with E-state index in [9.17, 15) is 0 Å². The third kappa shape index (κ3) is 3.07. The summed E-state index contributed by atoms with van der Waals surface area (Å²) in [6.45, 7) is 3.85. The molecule has 1 saturated heterocycles. The molecular weight excluding hydrogens is 284 g/mol. The number of anilines is 2. The molecule has 0 bridgehead atoms. The molecule has 0 aliphatic carbocycles. The van der Waals surface area contributed by atoms with Gasteiger partial charge >= 0.3 is 0 Å². The molecule has 17 heavy (non-hydrogen) atoms. The van der Waals surface area contributed by atoms with Gasteiger partial charge in [-0.05, 0) is 29.3 Å². The third-order valence-corrected chi connectivity index (χ3v) is 3.61. The molecule has 0 spiro atoms. The van der Waals surface area contributed by atoms with Gasteiger partial charge in [-0.1, -0.05) is 0 Å². The highest BCUT2D eigenvalue weighted by Crippen LogP contribution is 2.24. The van der Waals surface area contributed by atoms with Crippen molar-refractivity contribution in [1.29, 1.82) is 0 Å². The van der Waals surface area contributed by atoms with Gasteiger partial charge in [-0.15, -0.1) is 0 Å². The van der Waals surface area contributed by atoms with E-state index in [1.54, 1.807) is 13.2 Å². The van der Waals surface area contributed by atoms with Gasteiger partial charge < -0.3 is 15.4 Å². The molecule has 94 valence electrons. The third-order valence-electron chi connectivity index (χ3n) is 3.03. The first kappa shape index (κ1) is 12.6. The summed E-state index contributed by atoms with van der Waals surface area (Å²) in [6.07, 6.45) is 3.18. The molecule has 2 rings (SSSR count). The number of hydrogen-bond donors (Lipinski definition) is 2. The SMILES string of the molecule is CNc1ncc(Br)c(NCC2CCOC2C)n1. The molecule has 1 fully saturated rings. The molecule has 2 N–H and O–H groups in total. The van der Waals surface area contributed by atoms with Crippen molar-refractivity contribution in [2.75, 3.05) is 30.8 Å². The van der Waals surface area contributed by atoms with Crippen LogP contribution in [-0.4, -0.2) is 36.3 Å². The number of halogens is 1. The molecule has 0 aromatic carbocycles. The summed E-state index contributed by atoms with van der Waals surface area (Å²) in [5, 5.41) is 6.27. The molecule has 1 aliphatic rings. The molecule has 6 heteroatoms. The Hall–Kier alpha value is -0.880. The maximum absolute atomic E-state index is 5.53. The van der Waals surface area contributed by atoms with Crippen LogP contribution < -0.4 is 10.6 Å². The highest BCUT2D eigenvalue weighted by Gasteiger charge is 2.24. The highest BCUT2D eigenvalue weighted by molar-refractivity contribution is 9.10. The van der Waals surface area contributed by atoms with Crippen molar-refractivity contribution < 1.29 is 4.74 Å². The van der Waals surface area contributed by atoms with Crippen LogP contribution in [0.1, 0.15) is 13.3 Å². The minimum Gasteiger partial charge on any atom is -0.378 e. The fourth-order valence-corrected chi connectivity index (χ4v) is 2.21. The molecule has 1 aromatic rings. The minimum absolute atomic E-state index is 0.326. The van der Waals surface area contributed by atoms with Gasteiger partial charge in [0.25, 0.3) is 0 Å². The van der Waals surface area contributed by atoms with Crippen LogP contribution in [0.2, 0.25) is 0 Å². The summed E-state index contributed by atoms with van der Waals surface area (Å²) in [6, 6.07) is 0. The van der Waals surface area contributed by atoms with Crippen LogP contribution in [0.4, 0.5) is 11.8 Å². The van der Waals surface area contributed by atoms with Crippen LogP contribution in [-0.2, 0) is 4.74 Å². The van der Waals surface area contributed by atoms with E-state index in [4.69, 9.17) is 4.74 Å². The fraction of sp³-hybridized carbons (Fsp3) is 0.636. The number of aromatic nitrogens is 2. The number of nitrogens with zero attached hydrogens (tertiary/aromatic N) is 2. The first-order chi connectivity index (χ1) is 8.20. The van der Waals surface area contributed by atoms with Crippen LogP contribution in [0.5, 0.6) is 0 Å². The highest BCUT2D eigenvalue weighted by atomic mass is 79.9. The molecule has 2 atom stereocenters. The van der Waals surface area contributed by atoms with Gasteiger partial charge in [0.1, 0.15) is 5.82 Å². The van der Waals surface area contributed by atoms with Crippen molar-refractivity contribution in [1.82, 2.24) is 9.97 Å². The lowest BCUT2D eigenvalue weighted by Crippen LogP contribution is -2.21. The molecule has 2 heterocycles. The van der Waals surface area contributed by atoms with Crippen LogP contribution in [0.25, 0.3) is 0 Å². The summed E-state index contributed by atoms with van der Waals surface area (Å²) < 4.78 is 6.41. The number of rotatable bonds is 4. The summed E-state index contributed by atoms with van der Waals surface area (Å²) in [4.78, 5) is 8.47. The maximum Gasteiger partial charge on any atom is 0.224 e. The van der Waals surface area contributed by atoms with E-state index in [0.717, 1.165) is 29.9 Å². The van der Waals surface area contributed by atoms with Gasteiger partial charge in [0.05, 0.1) is 10.6 Å². The number of ether oxygens (including phenoxy) is 1. The zero-order valence-corrected chi connectivity index (χ0v) is 11.6. The minimum atomic E-state index is 0.326. The first-order valence-electron chi connectivity index (χ1n) is 5.76. The van der Waals surface area contributed by atoms with Gasteiger partial charge in [0, 0.05) is 32.3 Å². The van der Waals surface area contributed by atoms with E-state index in [1.165, 1.54) is 0 Å². The van der Waals surface area contributed by atoms with Gasteiger partial charge in [0.15, 0.2) is 0 Å². The van der Waals surface area contributed by atoms with Crippen molar-refractivity contribution in [3.05, 3.63) is 10.7 Å². The molecule has 0 saturated carbocycles. The lowest BCUT2D eigenvalue weighted by atomic mass is 10.0. The van der Waals surface area contributed by atoms with Gasteiger partial charge in [-0.3, -0.25) is 0 Å². The van der Waals surface area contributed by atoms with Gasteiger partial charge in [-0.25, -0.2) is 4.98 Å². The van der Waals surface area contributed by atoms with Crippen molar-refractivity contribution in [3.63, 3.8) is 0 Å². The van der Waals surface area contributed by atoms with Gasteiger partial charge in [-0.2, -0.15) is 4.98 Å². The summed E-state index contributed by atoms with van der Waals surface area (Å²) >= 11 is 3.44. The Bertz CT molecular complexity index is 388. The predicted molar refractivity (Wildman–Crippen MR) is 71.3 cm³/mol. The van der Waals surface area contributed by atoms with Crippen molar-refractivity contribution in [2.45, 2.75) is 19.4 Å². The molecule has 0 radical (unpaired) electrons. The standard InChI is InChI=1S/C11H17BrN4O/c1-7-8(3-4-17-7)5-14-10-9(12)6-15-11(13-2)16-10/h6-8H,3-5H2,1-2H3,(H2,13,14,15,16). The molecule has 5 nitrogen and oxygen atoms in total. The Kier molecular flexibility index (Phi) is 4.17. The topological polar surface area (TPSA) is 59.1 Å². The van der Waals surface area contributed by atoms with Crippen LogP contribution in [0, 0.1) is 5.92 Å². The van der Waals surface area contributed by atoms with Crippen molar-refractivity contribution in [2.24, 2.45) is 5.92 Å². The molecule has 1 aliphatic heterocycles. The second-order valence-corrected chi connectivity index (χ2v) is 5.00. The Balaban J connectivity index is 1.98. The normalized spacial score (nSPS) is 23.7. The lowest BCUT2D eigenvalue weighted by Gasteiger charge is -2.16. The fourth-order valence-electron chi connectivity index (χ4n) is 1.88. The summed E-state index contributed by atoms with van der Waals surface area (Å²) in [5.41, 5.74) is 0. The second-order valence-electron chi connectivity index (χ2n) is 4.15. The van der Waals surface area contributed by atoms with E-state index in [1.807, 2.05) is 0 Å². The average molecular weight is 301 g/mol. The van der Waals surface area contributed by atoms with E-state index < -0.39 is 0 Å². The average Bonchev–Trinajstić information content (AvgIpc) is 2.74. The van der Waals surface area contributed by atoms with Crippen molar-refractivity contribution >= 4 is 27.7 Å². The van der Waals surface area contributed by atoms with Gasteiger partial charge in [0.2, 0.25) is 5.95 Å². The Morgan fingerprint density at radius 1 is 1.59 bits per heavy atom. The monoisotopic (exact) mass is 300 g/mol. The Morgan fingerprint density at radius 3 is 3.06 bits per heavy atom. The molecule has 2 unspecified atom stereocenters. The predicted octanol–water partition coefficient (Wildman–Crippen LogP) is 2.12. The second kappa shape index (κ2) is 5.64. The largest absolute Gasteiger partial charge is 0.378 e. The Morgan fingerprint density at radius 2 is 2.41 bits per heavy atom. The van der Waals surface area contributed by atoms with Crippen LogP contribution >= 0.6 is 15.9 Å². The van der Waals surface area contributed by atoms with Crippen molar-refractivity contribution in [3.8, 4) is 0 Å². The van der Waals surface area contributed by atoms with E-state index >= 15 is 0 Å². The van der Waals surface area contributed by atoms with Crippen LogP contribution in [0.15, 0.2) is 10.7 Å². The molecule has 0 amide bonds.